The average Bonchev–Trinajstić information content (AvgIpc) is 2.51. The molecule has 0 N–H and O–H groups in total. The fraction of sp³-hybridized carbons (Fsp3) is 0.214. The first-order valence-electron chi connectivity index (χ1n) is 6.29. The van der Waals surface area contributed by atoms with E-state index in [1.807, 2.05) is 0 Å². The Labute approximate surface area is 131 Å². The summed E-state index contributed by atoms with van der Waals surface area (Å²) in [5.74, 6) is -0.293. The summed E-state index contributed by atoms with van der Waals surface area (Å²) < 4.78 is 81.6. The van der Waals surface area contributed by atoms with Gasteiger partial charge in [0, 0.05) is 5.56 Å². The second kappa shape index (κ2) is 6.46. The molecule has 0 atom stereocenters. The highest BCUT2D eigenvalue weighted by Crippen LogP contribution is 2.38. The van der Waals surface area contributed by atoms with Crippen molar-refractivity contribution < 1.29 is 35.9 Å². The minimum Gasteiger partial charge on any atom is -0.483 e. The van der Waals surface area contributed by atoms with E-state index in [1.54, 1.807) is 0 Å². The number of carbonyl (C=O) groups excluding carboxylic acids is 1. The van der Waals surface area contributed by atoms with Crippen LogP contribution in [0.25, 0.3) is 11.4 Å². The third-order valence-corrected chi connectivity index (χ3v) is 2.79. The van der Waals surface area contributed by atoms with E-state index in [-0.39, 0.29) is 24.2 Å². The van der Waals surface area contributed by atoms with E-state index in [0.29, 0.717) is 18.4 Å². The van der Waals surface area contributed by atoms with Gasteiger partial charge in [-0.25, -0.2) is 9.97 Å². The van der Waals surface area contributed by atoms with Gasteiger partial charge < -0.3 is 4.74 Å². The molecule has 0 radical (unpaired) electrons. The van der Waals surface area contributed by atoms with Crippen LogP contribution in [0.1, 0.15) is 11.1 Å². The maximum absolute atomic E-state index is 12.8. The van der Waals surface area contributed by atoms with Crippen LogP contribution < -0.4 is 4.74 Å². The molecule has 24 heavy (non-hydrogen) atoms. The molecule has 2 rings (SSSR count). The number of hydrogen-bond donors (Lipinski definition) is 0. The Bertz CT molecular complexity index is 693. The number of rotatable bonds is 4. The summed E-state index contributed by atoms with van der Waals surface area (Å²) in [5, 5.41) is 0. The molecule has 1 heterocycles. The predicted molar refractivity (Wildman–Crippen MR) is 69.0 cm³/mol. The second-order valence-corrected chi connectivity index (χ2v) is 4.51. The first-order valence-corrected chi connectivity index (χ1v) is 6.29. The Morgan fingerprint density at radius 1 is 0.917 bits per heavy atom. The van der Waals surface area contributed by atoms with Gasteiger partial charge >= 0.3 is 12.4 Å². The Kier molecular flexibility index (Phi) is 4.76. The minimum absolute atomic E-state index is 0.0189. The zero-order valence-corrected chi connectivity index (χ0v) is 11.6. The van der Waals surface area contributed by atoms with Crippen molar-refractivity contribution in [2.75, 3.05) is 6.61 Å². The van der Waals surface area contributed by atoms with E-state index in [4.69, 9.17) is 4.74 Å². The molecule has 0 aliphatic rings. The van der Waals surface area contributed by atoms with Crippen LogP contribution in [-0.2, 0) is 17.1 Å². The maximum atomic E-state index is 12.8. The summed E-state index contributed by atoms with van der Waals surface area (Å²) in [6, 6.07) is 1.07. The topological polar surface area (TPSA) is 52.1 Å². The lowest BCUT2D eigenvalue weighted by Crippen LogP contribution is -2.11. The largest absolute Gasteiger partial charge is 0.483 e. The molecule has 0 aliphatic carbocycles. The zero-order valence-electron chi connectivity index (χ0n) is 11.6. The summed E-state index contributed by atoms with van der Waals surface area (Å²) in [6.07, 6.45) is -7.37. The lowest BCUT2D eigenvalue weighted by Gasteiger charge is -2.13. The molecule has 0 fully saturated rings. The van der Waals surface area contributed by atoms with Gasteiger partial charge in [0.15, 0.2) is 17.9 Å². The number of aromatic nitrogens is 2. The predicted octanol–water partition coefficient (Wildman–Crippen LogP) is 3.76. The first kappa shape index (κ1) is 17.7. The highest BCUT2D eigenvalue weighted by Gasteiger charge is 2.37. The second-order valence-electron chi connectivity index (χ2n) is 4.51. The number of aldehydes is 1. The molecule has 0 unspecified atom stereocenters. The molecule has 1 aromatic heterocycles. The Morgan fingerprint density at radius 2 is 1.42 bits per heavy atom. The van der Waals surface area contributed by atoms with Gasteiger partial charge in [0.1, 0.15) is 6.61 Å². The third kappa shape index (κ3) is 4.21. The molecular weight excluding hydrogens is 342 g/mol. The van der Waals surface area contributed by atoms with Crippen LogP contribution in [0.4, 0.5) is 26.3 Å². The van der Waals surface area contributed by atoms with Crippen molar-refractivity contribution in [2.45, 2.75) is 12.4 Å². The number of nitrogens with zero attached hydrogens (tertiary/aromatic N) is 2. The highest BCUT2D eigenvalue weighted by molar-refractivity contribution is 5.58. The van der Waals surface area contributed by atoms with Crippen molar-refractivity contribution in [3.8, 4) is 17.1 Å². The van der Waals surface area contributed by atoms with Crippen LogP contribution in [0.15, 0.2) is 30.6 Å². The average molecular weight is 350 g/mol. The monoisotopic (exact) mass is 350 g/mol. The van der Waals surface area contributed by atoms with E-state index < -0.39 is 29.0 Å². The molecule has 0 amide bonds. The summed E-state index contributed by atoms with van der Waals surface area (Å²) in [5.41, 5.74) is -3.37. The SMILES string of the molecule is O=CCOc1cnc(-c2cc(C(F)(F)F)cc(C(F)(F)F)c2)nc1. The van der Waals surface area contributed by atoms with Crippen molar-refractivity contribution in [2.24, 2.45) is 0 Å². The van der Waals surface area contributed by atoms with E-state index in [1.165, 1.54) is 0 Å². The molecule has 0 aliphatic heterocycles. The summed E-state index contributed by atoms with van der Waals surface area (Å²) in [4.78, 5) is 17.5. The quantitative estimate of drug-likeness (QED) is 0.622. The molecule has 0 saturated heterocycles. The number of hydrogen-bond acceptors (Lipinski definition) is 4. The van der Waals surface area contributed by atoms with Gasteiger partial charge in [-0.2, -0.15) is 26.3 Å². The minimum atomic E-state index is -4.96. The van der Waals surface area contributed by atoms with E-state index in [2.05, 4.69) is 9.97 Å². The zero-order chi connectivity index (χ0) is 18.0. The summed E-state index contributed by atoms with van der Waals surface area (Å²) in [6.45, 7) is -0.287. The molecule has 0 spiro atoms. The molecule has 0 bridgehead atoms. The van der Waals surface area contributed by atoms with Crippen molar-refractivity contribution in [1.29, 1.82) is 0 Å². The molecule has 1 aromatic carbocycles. The van der Waals surface area contributed by atoms with Crippen LogP contribution in [0.3, 0.4) is 0 Å². The number of carbonyl (C=O) groups is 1. The molecular formula is C14H8F6N2O2. The van der Waals surface area contributed by atoms with Crippen LogP contribution in [0.2, 0.25) is 0 Å². The van der Waals surface area contributed by atoms with Crippen LogP contribution in [-0.4, -0.2) is 22.9 Å². The lowest BCUT2D eigenvalue weighted by atomic mass is 10.0. The van der Waals surface area contributed by atoms with Gasteiger partial charge in [0.25, 0.3) is 0 Å². The fourth-order valence-corrected chi connectivity index (χ4v) is 1.75. The number of halogens is 6. The number of alkyl halides is 6. The fourth-order valence-electron chi connectivity index (χ4n) is 1.75. The summed E-state index contributed by atoms with van der Waals surface area (Å²) in [7, 11) is 0. The van der Waals surface area contributed by atoms with E-state index >= 15 is 0 Å². The van der Waals surface area contributed by atoms with Gasteiger partial charge in [0.05, 0.1) is 23.5 Å². The maximum Gasteiger partial charge on any atom is 0.416 e. The van der Waals surface area contributed by atoms with E-state index in [0.717, 1.165) is 12.4 Å². The smallest absolute Gasteiger partial charge is 0.416 e. The van der Waals surface area contributed by atoms with Gasteiger partial charge in [-0.15, -0.1) is 0 Å². The van der Waals surface area contributed by atoms with Crippen molar-refractivity contribution in [1.82, 2.24) is 9.97 Å². The Morgan fingerprint density at radius 3 is 1.83 bits per heavy atom. The molecule has 4 nitrogen and oxygen atoms in total. The van der Waals surface area contributed by atoms with Gasteiger partial charge in [-0.05, 0) is 18.2 Å². The van der Waals surface area contributed by atoms with Crippen molar-refractivity contribution >= 4 is 6.29 Å². The lowest BCUT2D eigenvalue weighted by molar-refractivity contribution is -0.143. The molecule has 128 valence electrons. The van der Waals surface area contributed by atoms with Crippen LogP contribution in [0.5, 0.6) is 5.75 Å². The Balaban J connectivity index is 2.47. The van der Waals surface area contributed by atoms with Crippen LogP contribution in [0, 0.1) is 0 Å². The standard InChI is InChI=1S/C14H8F6N2O2/c15-13(16,17)9-3-8(4-10(5-9)14(18,19)20)12-21-6-11(7-22-12)24-2-1-23/h1,3-7H,2H2. The molecule has 10 heteroatoms. The van der Waals surface area contributed by atoms with Gasteiger partial charge in [-0.1, -0.05) is 0 Å². The van der Waals surface area contributed by atoms with E-state index in [9.17, 15) is 31.1 Å². The number of ether oxygens (including phenoxy) is 1. The highest BCUT2D eigenvalue weighted by atomic mass is 19.4. The molecule has 2 aromatic rings. The van der Waals surface area contributed by atoms with Crippen molar-refractivity contribution in [3.63, 3.8) is 0 Å². The van der Waals surface area contributed by atoms with Gasteiger partial charge in [0.2, 0.25) is 0 Å². The van der Waals surface area contributed by atoms with Crippen LogP contribution >= 0.6 is 0 Å². The number of benzene rings is 1. The first-order chi connectivity index (χ1) is 11.1. The Hall–Kier alpha value is -2.65. The molecule has 0 saturated carbocycles. The summed E-state index contributed by atoms with van der Waals surface area (Å²) >= 11 is 0. The normalized spacial score (nSPS) is 12.1. The third-order valence-electron chi connectivity index (χ3n) is 2.79. The van der Waals surface area contributed by atoms with Gasteiger partial charge in [-0.3, -0.25) is 4.79 Å². The van der Waals surface area contributed by atoms with Crippen molar-refractivity contribution in [3.05, 3.63) is 41.7 Å².